The summed E-state index contributed by atoms with van der Waals surface area (Å²) in [6.45, 7) is 9.21. The van der Waals surface area contributed by atoms with Crippen molar-refractivity contribution in [2.75, 3.05) is 0 Å². The smallest absolute Gasteiger partial charge is 0.310 e. The number of benzene rings is 1. The van der Waals surface area contributed by atoms with Crippen LogP contribution in [0.5, 0.6) is 0 Å². The molecule has 23 heavy (non-hydrogen) atoms. The van der Waals surface area contributed by atoms with Crippen molar-refractivity contribution in [1.82, 2.24) is 0 Å². The van der Waals surface area contributed by atoms with E-state index < -0.39 is 11.4 Å². The quantitative estimate of drug-likeness (QED) is 0.764. The molecule has 2 rings (SSSR count). The molecule has 0 saturated heterocycles. The van der Waals surface area contributed by atoms with Gasteiger partial charge in [-0.1, -0.05) is 13.8 Å². The Morgan fingerprint density at radius 2 is 2.04 bits per heavy atom. The summed E-state index contributed by atoms with van der Waals surface area (Å²) in [4.78, 5) is 12.3. The Morgan fingerprint density at radius 3 is 2.48 bits per heavy atom. The van der Waals surface area contributed by atoms with Gasteiger partial charge in [-0.25, -0.2) is 4.39 Å². The zero-order valence-electron chi connectivity index (χ0n) is 14.5. The zero-order valence-corrected chi connectivity index (χ0v) is 14.5. The highest BCUT2D eigenvalue weighted by Gasteiger charge is 2.32. The molecule has 0 aliphatic heterocycles. The lowest BCUT2D eigenvalue weighted by Crippen LogP contribution is -2.25. The molecule has 4 heteroatoms. The van der Waals surface area contributed by atoms with Gasteiger partial charge in [-0.2, -0.15) is 5.26 Å². The van der Waals surface area contributed by atoms with Crippen LogP contribution in [-0.2, 0) is 16.0 Å². The van der Waals surface area contributed by atoms with Crippen molar-refractivity contribution in [3.05, 3.63) is 34.1 Å². The van der Waals surface area contributed by atoms with Crippen LogP contribution in [0.3, 0.4) is 0 Å². The van der Waals surface area contributed by atoms with E-state index in [1.54, 1.807) is 6.07 Å². The third kappa shape index (κ3) is 4.10. The Balaban J connectivity index is 2.49. The van der Waals surface area contributed by atoms with Gasteiger partial charge in [-0.3, -0.25) is 4.79 Å². The fraction of sp³-hybridized carbons (Fsp3) is 0.579. The lowest BCUT2D eigenvalue weighted by atomic mass is 9.87. The van der Waals surface area contributed by atoms with Crippen LogP contribution in [0.1, 0.15) is 81.5 Å². The Labute approximate surface area is 137 Å². The summed E-state index contributed by atoms with van der Waals surface area (Å²) in [5.41, 5.74) is 1.64. The number of hydrogen-bond acceptors (Lipinski definition) is 3. The van der Waals surface area contributed by atoms with Gasteiger partial charge in [0.25, 0.3) is 0 Å². The number of hydrogen-bond donors (Lipinski definition) is 0. The third-order valence-electron chi connectivity index (χ3n) is 3.90. The summed E-state index contributed by atoms with van der Waals surface area (Å²) in [5, 5.41) is 9.20. The Bertz CT molecular complexity index is 661. The van der Waals surface area contributed by atoms with Crippen molar-refractivity contribution in [2.24, 2.45) is 0 Å². The fourth-order valence-electron chi connectivity index (χ4n) is 2.90. The first-order chi connectivity index (χ1) is 10.6. The Morgan fingerprint density at radius 1 is 1.43 bits per heavy atom. The Kier molecular flexibility index (Phi) is 4.79. The largest absolute Gasteiger partial charge is 0.460 e. The van der Waals surface area contributed by atoms with E-state index in [1.165, 1.54) is 0 Å². The van der Waals surface area contributed by atoms with Gasteiger partial charge in [0.2, 0.25) is 0 Å². The summed E-state index contributed by atoms with van der Waals surface area (Å²) in [6, 6.07) is 3.56. The standard InChI is InChI=1S/C19H24FNO2/c1-11(2)17-15(9-16(22)23-19(3,4)5)14(12-6-7-12)8-13(10-21)18(17)20/h8,11-12H,6-7,9H2,1-5H3. The molecule has 1 saturated carbocycles. The van der Waals surface area contributed by atoms with Crippen molar-refractivity contribution < 1.29 is 13.9 Å². The van der Waals surface area contributed by atoms with E-state index in [4.69, 9.17) is 4.74 Å². The van der Waals surface area contributed by atoms with Crippen LogP contribution in [0.15, 0.2) is 6.07 Å². The van der Waals surface area contributed by atoms with Gasteiger partial charge in [-0.15, -0.1) is 0 Å². The highest BCUT2D eigenvalue weighted by Crippen LogP contribution is 2.44. The molecular weight excluding hydrogens is 293 g/mol. The van der Waals surface area contributed by atoms with Gasteiger partial charge >= 0.3 is 5.97 Å². The summed E-state index contributed by atoms with van der Waals surface area (Å²) >= 11 is 0. The first-order valence-electron chi connectivity index (χ1n) is 8.11. The Hall–Kier alpha value is -1.89. The van der Waals surface area contributed by atoms with Crippen LogP contribution >= 0.6 is 0 Å². The van der Waals surface area contributed by atoms with Crippen molar-refractivity contribution in [3.63, 3.8) is 0 Å². The summed E-state index contributed by atoms with van der Waals surface area (Å²) in [6.07, 6.45) is 2.10. The molecule has 124 valence electrons. The molecule has 0 heterocycles. The first kappa shape index (κ1) is 17.5. The number of carbonyl (C=O) groups excluding carboxylic acids is 1. The van der Waals surface area contributed by atoms with Crippen molar-refractivity contribution in [3.8, 4) is 6.07 Å². The maximum absolute atomic E-state index is 14.7. The van der Waals surface area contributed by atoms with Crippen LogP contribution in [0, 0.1) is 17.1 Å². The van der Waals surface area contributed by atoms with E-state index in [1.807, 2.05) is 40.7 Å². The zero-order chi connectivity index (χ0) is 17.4. The highest BCUT2D eigenvalue weighted by atomic mass is 19.1. The topological polar surface area (TPSA) is 50.1 Å². The maximum Gasteiger partial charge on any atom is 0.310 e. The van der Waals surface area contributed by atoms with E-state index in [2.05, 4.69) is 0 Å². The highest BCUT2D eigenvalue weighted by molar-refractivity contribution is 5.75. The molecule has 1 aliphatic carbocycles. The second kappa shape index (κ2) is 6.31. The number of nitrogens with zero attached hydrogens (tertiary/aromatic N) is 1. The van der Waals surface area contributed by atoms with Crippen LogP contribution in [0.25, 0.3) is 0 Å². The minimum atomic E-state index is -0.569. The second-order valence-corrected chi connectivity index (χ2v) is 7.52. The van der Waals surface area contributed by atoms with Gasteiger partial charge in [0, 0.05) is 0 Å². The first-order valence-corrected chi connectivity index (χ1v) is 8.11. The van der Waals surface area contributed by atoms with Crippen LogP contribution in [-0.4, -0.2) is 11.6 Å². The fourth-order valence-corrected chi connectivity index (χ4v) is 2.90. The van der Waals surface area contributed by atoms with E-state index in [0.717, 1.165) is 18.4 Å². The van der Waals surface area contributed by atoms with E-state index >= 15 is 0 Å². The van der Waals surface area contributed by atoms with E-state index in [0.29, 0.717) is 17.0 Å². The molecule has 0 aromatic heterocycles. The maximum atomic E-state index is 14.7. The summed E-state index contributed by atoms with van der Waals surface area (Å²) < 4.78 is 20.1. The molecule has 1 aliphatic rings. The molecular formula is C19H24FNO2. The van der Waals surface area contributed by atoms with Gasteiger partial charge in [0.15, 0.2) is 0 Å². The molecule has 0 bridgehead atoms. The molecule has 0 amide bonds. The van der Waals surface area contributed by atoms with Crippen LogP contribution in [0.2, 0.25) is 0 Å². The molecule has 0 radical (unpaired) electrons. The number of esters is 1. The van der Waals surface area contributed by atoms with Gasteiger partial charge < -0.3 is 4.74 Å². The number of ether oxygens (including phenoxy) is 1. The predicted molar refractivity (Wildman–Crippen MR) is 86.7 cm³/mol. The molecule has 0 atom stereocenters. The van der Waals surface area contributed by atoms with Gasteiger partial charge in [0.1, 0.15) is 17.5 Å². The lowest BCUT2D eigenvalue weighted by Gasteiger charge is -2.22. The van der Waals surface area contributed by atoms with E-state index in [9.17, 15) is 14.4 Å². The number of nitriles is 1. The summed E-state index contributed by atoms with van der Waals surface area (Å²) in [5.74, 6) is -0.619. The molecule has 1 aromatic carbocycles. The average Bonchev–Trinajstić information content (AvgIpc) is 3.20. The minimum Gasteiger partial charge on any atom is -0.460 e. The number of rotatable bonds is 4. The molecule has 0 unspecified atom stereocenters. The lowest BCUT2D eigenvalue weighted by molar-refractivity contribution is -0.153. The van der Waals surface area contributed by atoms with Gasteiger partial charge in [-0.05, 0) is 68.2 Å². The molecule has 3 nitrogen and oxygen atoms in total. The molecule has 1 fully saturated rings. The van der Waals surface area contributed by atoms with Gasteiger partial charge in [0.05, 0.1) is 12.0 Å². The second-order valence-electron chi connectivity index (χ2n) is 7.52. The predicted octanol–water partition coefficient (Wildman–Crippen LogP) is 4.58. The van der Waals surface area contributed by atoms with Crippen molar-refractivity contribution in [1.29, 1.82) is 5.26 Å². The average molecular weight is 317 g/mol. The molecule has 0 N–H and O–H groups in total. The van der Waals surface area contributed by atoms with Crippen LogP contribution in [0.4, 0.5) is 4.39 Å². The molecule has 1 aromatic rings. The van der Waals surface area contributed by atoms with Crippen molar-refractivity contribution >= 4 is 5.97 Å². The third-order valence-corrected chi connectivity index (χ3v) is 3.90. The molecule has 0 spiro atoms. The normalized spacial score (nSPS) is 14.7. The van der Waals surface area contributed by atoms with Crippen molar-refractivity contribution in [2.45, 2.75) is 71.3 Å². The number of halogens is 1. The van der Waals surface area contributed by atoms with E-state index in [-0.39, 0.29) is 23.9 Å². The summed E-state index contributed by atoms with van der Waals surface area (Å²) in [7, 11) is 0. The van der Waals surface area contributed by atoms with Crippen LogP contribution < -0.4 is 0 Å². The SMILES string of the molecule is CC(C)c1c(F)c(C#N)cc(C2CC2)c1CC(=O)OC(C)(C)C. The minimum absolute atomic E-state index is 0.0548. The number of carbonyl (C=O) groups is 1. The monoisotopic (exact) mass is 317 g/mol.